The van der Waals surface area contributed by atoms with Crippen LogP contribution in [0.5, 0.6) is 0 Å². The highest BCUT2D eigenvalue weighted by molar-refractivity contribution is 5.79. The number of rotatable bonds is 2. The summed E-state index contributed by atoms with van der Waals surface area (Å²) >= 11 is 0. The summed E-state index contributed by atoms with van der Waals surface area (Å²) in [5.74, 6) is -3.71. The highest BCUT2D eigenvalue weighted by atomic mass is 19.4. The van der Waals surface area contributed by atoms with Crippen LogP contribution in [0.15, 0.2) is 12.2 Å². The molecular formula is C6H8F3NO4. The summed E-state index contributed by atoms with van der Waals surface area (Å²) in [5, 5.41) is 15.0. The van der Waals surface area contributed by atoms with Crippen LogP contribution in [0.3, 0.4) is 0 Å². The number of carbonyl (C=O) groups is 2. The van der Waals surface area contributed by atoms with Crippen LogP contribution >= 0.6 is 0 Å². The lowest BCUT2D eigenvalue weighted by molar-refractivity contribution is -0.192. The first-order chi connectivity index (χ1) is 6.21. The Morgan fingerprint density at radius 3 is 1.71 bits per heavy atom. The molecule has 0 spiro atoms. The predicted octanol–water partition coefficient (Wildman–Crippen LogP) is 0.219. The topological polar surface area (TPSA) is 101 Å². The van der Waals surface area contributed by atoms with Gasteiger partial charge in [0.1, 0.15) is 0 Å². The van der Waals surface area contributed by atoms with Gasteiger partial charge in [-0.2, -0.15) is 13.2 Å². The molecule has 0 aliphatic rings. The first-order valence-corrected chi connectivity index (χ1v) is 3.11. The summed E-state index contributed by atoms with van der Waals surface area (Å²) < 4.78 is 31.7. The van der Waals surface area contributed by atoms with Crippen LogP contribution in [-0.4, -0.2) is 34.9 Å². The highest BCUT2D eigenvalue weighted by Gasteiger charge is 2.38. The number of aliphatic carboxylic acids is 2. The molecule has 0 unspecified atom stereocenters. The third-order valence-corrected chi connectivity index (χ3v) is 0.639. The van der Waals surface area contributed by atoms with Crippen molar-refractivity contribution in [1.82, 2.24) is 0 Å². The van der Waals surface area contributed by atoms with E-state index in [2.05, 4.69) is 0 Å². The monoisotopic (exact) mass is 215 g/mol. The minimum Gasteiger partial charge on any atom is -0.478 e. The molecule has 0 rings (SSSR count). The van der Waals surface area contributed by atoms with Crippen LogP contribution in [0, 0.1) is 0 Å². The van der Waals surface area contributed by atoms with E-state index in [9.17, 15) is 18.0 Å². The Morgan fingerprint density at radius 1 is 1.29 bits per heavy atom. The van der Waals surface area contributed by atoms with E-state index in [4.69, 9.17) is 20.7 Å². The summed E-state index contributed by atoms with van der Waals surface area (Å²) in [6, 6.07) is 0. The fourth-order valence-corrected chi connectivity index (χ4v) is 0.169. The first kappa shape index (κ1) is 14.9. The van der Waals surface area contributed by atoms with Gasteiger partial charge >= 0.3 is 18.1 Å². The van der Waals surface area contributed by atoms with Crippen molar-refractivity contribution >= 4 is 11.9 Å². The molecule has 0 bridgehead atoms. The van der Waals surface area contributed by atoms with E-state index in [-0.39, 0.29) is 6.54 Å². The molecule has 0 aromatic heterocycles. The van der Waals surface area contributed by atoms with E-state index in [0.29, 0.717) is 0 Å². The van der Waals surface area contributed by atoms with Gasteiger partial charge in [0.25, 0.3) is 0 Å². The lowest BCUT2D eigenvalue weighted by Gasteiger charge is -1.93. The number of carboxylic acid groups (broad SMARTS) is 2. The third-order valence-electron chi connectivity index (χ3n) is 0.639. The van der Waals surface area contributed by atoms with E-state index in [1.807, 2.05) is 0 Å². The summed E-state index contributed by atoms with van der Waals surface area (Å²) in [6.07, 6.45) is -2.69. The van der Waals surface area contributed by atoms with Crippen LogP contribution in [-0.2, 0) is 9.59 Å². The van der Waals surface area contributed by atoms with Crippen molar-refractivity contribution in [3.8, 4) is 0 Å². The summed E-state index contributed by atoms with van der Waals surface area (Å²) in [5.41, 5.74) is 4.93. The molecule has 0 aliphatic carbocycles. The Labute approximate surface area is 76.6 Å². The van der Waals surface area contributed by atoms with Crippen LogP contribution in [0.25, 0.3) is 0 Å². The van der Waals surface area contributed by atoms with Gasteiger partial charge in [0.2, 0.25) is 0 Å². The minimum absolute atomic E-state index is 0.284. The van der Waals surface area contributed by atoms with Crippen molar-refractivity contribution in [3.05, 3.63) is 12.2 Å². The number of halogens is 3. The molecule has 0 aromatic carbocycles. The molecule has 5 nitrogen and oxygen atoms in total. The molecule has 0 saturated carbocycles. The maximum atomic E-state index is 10.6. The number of carboxylic acids is 2. The van der Waals surface area contributed by atoms with Gasteiger partial charge in [-0.15, -0.1) is 0 Å². The van der Waals surface area contributed by atoms with Crippen molar-refractivity contribution in [2.45, 2.75) is 6.18 Å². The fraction of sp³-hybridized carbons (Fsp3) is 0.333. The zero-order valence-corrected chi connectivity index (χ0v) is 6.78. The first-order valence-electron chi connectivity index (χ1n) is 3.11. The van der Waals surface area contributed by atoms with Gasteiger partial charge in [-0.3, -0.25) is 0 Å². The van der Waals surface area contributed by atoms with Gasteiger partial charge in [-0.25, -0.2) is 9.59 Å². The van der Waals surface area contributed by atoms with Crippen molar-refractivity contribution in [2.24, 2.45) is 5.73 Å². The molecule has 82 valence electrons. The summed E-state index contributed by atoms with van der Waals surface area (Å²) in [4.78, 5) is 18.5. The summed E-state index contributed by atoms with van der Waals surface area (Å²) in [7, 11) is 0. The Morgan fingerprint density at radius 2 is 1.64 bits per heavy atom. The van der Waals surface area contributed by atoms with Gasteiger partial charge in [-0.05, 0) is 0 Å². The molecule has 8 heteroatoms. The quantitative estimate of drug-likeness (QED) is 0.572. The van der Waals surface area contributed by atoms with Gasteiger partial charge in [0.15, 0.2) is 0 Å². The van der Waals surface area contributed by atoms with Crippen molar-refractivity contribution < 1.29 is 33.0 Å². The molecule has 0 atom stereocenters. The van der Waals surface area contributed by atoms with Gasteiger partial charge in [-0.1, -0.05) is 6.08 Å². The van der Waals surface area contributed by atoms with Crippen LogP contribution in [0.2, 0.25) is 0 Å². The van der Waals surface area contributed by atoms with E-state index in [1.54, 1.807) is 0 Å². The second-order valence-corrected chi connectivity index (χ2v) is 1.78. The molecule has 4 N–H and O–H groups in total. The lowest BCUT2D eigenvalue weighted by Crippen LogP contribution is -2.21. The minimum atomic E-state index is -5.08. The Kier molecular flexibility index (Phi) is 7.35. The number of alkyl halides is 3. The molecule has 0 aliphatic heterocycles. The average Bonchev–Trinajstić information content (AvgIpc) is 2.00. The van der Waals surface area contributed by atoms with Crippen molar-refractivity contribution in [1.29, 1.82) is 0 Å². The van der Waals surface area contributed by atoms with Gasteiger partial charge in [0, 0.05) is 12.6 Å². The molecule has 0 heterocycles. The molecule has 0 aromatic rings. The summed E-state index contributed by atoms with van der Waals surface area (Å²) in [6.45, 7) is 0.284. The number of nitrogens with two attached hydrogens (primary N) is 1. The maximum Gasteiger partial charge on any atom is 0.490 e. The largest absolute Gasteiger partial charge is 0.490 e. The van der Waals surface area contributed by atoms with Crippen LogP contribution in [0.4, 0.5) is 13.2 Å². The number of hydrogen-bond acceptors (Lipinski definition) is 3. The normalized spacial score (nSPS) is 10.6. The van der Waals surface area contributed by atoms with Crippen LogP contribution < -0.4 is 5.73 Å². The zero-order valence-electron chi connectivity index (χ0n) is 6.78. The van der Waals surface area contributed by atoms with Crippen molar-refractivity contribution in [2.75, 3.05) is 6.54 Å². The smallest absolute Gasteiger partial charge is 0.478 e. The maximum absolute atomic E-state index is 10.6. The Hall–Kier alpha value is -1.57. The van der Waals surface area contributed by atoms with Crippen molar-refractivity contribution in [3.63, 3.8) is 0 Å². The van der Waals surface area contributed by atoms with E-state index < -0.39 is 18.1 Å². The molecule has 0 fully saturated rings. The van der Waals surface area contributed by atoms with E-state index in [1.165, 1.54) is 6.08 Å². The fourth-order valence-electron chi connectivity index (χ4n) is 0.169. The Bertz CT molecular complexity index is 224. The molecule has 0 saturated heterocycles. The SMILES string of the molecule is NCC=CC(=O)O.O=C(O)C(F)(F)F. The lowest BCUT2D eigenvalue weighted by atomic mass is 10.5. The average molecular weight is 215 g/mol. The number of hydrogen-bond donors (Lipinski definition) is 3. The predicted molar refractivity (Wildman–Crippen MR) is 39.5 cm³/mol. The zero-order chi connectivity index (χ0) is 11.8. The standard InChI is InChI=1S/C4H7NO2.C2HF3O2/c5-3-1-2-4(6)7;3-2(4,5)1(6)7/h1-2H,3,5H2,(H,6,7);(H,6,7). The van der Waals surface area contributed by atoms with Crippen LogP contribution in [0.1, 0.15) is 0 Å². The van der Waals surface area contributed by atoms with E-state index >= 15 is 0 Å². The van der Waals surface area contributed by atoms with E-state index in [0.717, 1.165) is 6.08 Å². The van der Waals surface area contributed by atoms with Gasteiger partial charge < -0.3 is 15.9 Å². The molecule has 14 heavy (non-hydrogen) atoms. The molecule has 0 amide bonds. The molecule has 0 radical (unpaired) electrons. The third kappa shape index (κ3) is 13.1. The second kappa shape index (κ2) is 6.89. The van der Waals surface area contributed by atoms with Gasteiger partial charge in [0.05, 0.1) is 0 Å². The Balaban J connectivity index is 0. The highest BCUT2D eigenvalue weighted by Crippen LogP contribution is 2.13. The second-order valence-electron chi connectivity index (χ2n) is 1.78. The molecular weight excluding hydrogens is 207 g/mol.